The number of hydrogen-bond donors (Lipinski definition) is 0. The van der Waals surface area contributed by atoms with E-state index in [-0.39, 0.29) is 6.79 Å². The summed E-state index contributed by atoms with van der Waals surface area (Å²) in [5.41, 5.74) is 0.743. The first-order chi connectivity index (χ1) is 12.2. The van der Waals surface area contributed by atoms with Crippen LogP contribution in [0.25, 0.3) is 0 Å². The molecule has 0 spiro atoms. The molecule has 0 saturated heterocycles. The maximum atomic E-state index is 9.76. The van der Waals surface area contributed by atoms with Gasteiger partial charge in [-0.05, 0) is 0 Å². The Hall–Kier alpha value is -0.801. The van der Waals surface area contributed by atoms with Crippen molar-refractivity contribution in [1.29, 1.82) is 5.26 Å². The monoisotopic (exact) mass is 454 g/mol. The van der Waals surface area contributed by atoms with Gasteiger partial charge < -0.3 is 0 Å². The zero-order chi connectivity index (χ0) is 18.5. The predicted octanol–water partition coefficient (Wildman–Crippen LogP) is 4.99. The van der Waals surface area contributed by atoms with Crippen LogP contribution < -0.4 is 8.45 Å². The number of methoxy groups -OCH3 is 1. The summed E-state index contributed by atoms with van der Waals surface area (Å²) in [4.78, 5) is 4.82. The molecule has 0 radical (unpaired) electrons. The van der Waals surface area contributed by atoms with Crippen LogP contribution in [0.2, 0.25) is 13.3 Å². The van der Waals surface area contributed by atoms with E-state index >= 15 is 0 Å². The van der Waals surface area contributed by atoms with Gasteiger partial charge in [-0.15, -0.1) is 0 Å². The summed E-state index contributed by atoms with van der Waals surface area (Å²) in [6.07, 6.45) is 9.23. The summed E-state index contributed by atoms with van der Waals surface area (Å²) in [6.45, 7) is 6.96. The molecule has 0 fully saturated rings. The van der Waals surface area contributed by atoms with E-state index in [0.29, 0.717) is 5.75 Å². The third kappa shape index (κ3) is 6.78. The van der Waals surface area contributed by atoms with Crippen molar-refractivity contribution in [2.75, 3.05) is 13.9 Å². The van der Waals surface area contributed by atoms with Crippen molar-refractivity contribution in [3.8, 4) is 11.8 Å². The van der Waals surface area contributed by atoms with Crippen LogP contribution in [0.1, 0.15) is 64.9 Å². The number of rotatable bonds is 13. The molecule has 0 atom stereocenters. The van der Waals surface area contributed by atoms with Gasteiger partial charge in [-0.3, -0.25) is 0 Å². The van der Waals surface area contributed by atoms with Gasteiger partial charge in [-0.25, -0.2) is 0 Å². The van der Waals surface area contributed by atoms with Crippen LogP contribution >= 0.6 is 0 Å². The Morgan fingerprint density at radius 2 is 1.60 bits per heavy atom. The van der Waals surface area contributed by atoms with Crippen molar-refractivity contribution >= 4 is 22.1 Å². The molecule has 1 aromatic rings. The molecule has 5 heteroatoms. The number of nitrogens with zero attached hydrogens (tertiary/aromatic N) is 2. The second-order valence-electron chi connectivity index (χ2n) is 6.82. The number of ether oxygens (including phenoxy) is 2. The van der Waals surface area contributed by atoms with E-state index < -0.39 is 18.4 Å². The second kappa shape index (κ2) is 12.5. The SMILES string of the molecule is CCC[CH2][Sn]([CH2]CCC)([CH2]CCC)[c]1ncc(OCOC)cc1C#N. The zero-order valence-corrected chi connectivity index (χ0v) is 19.3. The van der Waals surface area contributed by atoms with Gasteiger partial charge >= 0.3 is 158 Å². The molecule has 0 saturated carbocycles. The molecule has 0 aliphatic carbocycles. The van der Waals surface area contributed by atoms with E-state index in [1.807, 2.05) is 6.07 Å². The molecular formula is C20H34N2O2Sn. The van der Waals surface area contributed by atoms with E-state index in [9.17, 15) is 5.26 Å². The third-order valence-corrected chi connectivity index (χ3v) is 20.1. The van der Waals surface area contributed by atoms with Crippen molar-refractivity contribution < 1.29 is 9.47 Å². The molecule has 1 heterocycles. The molecule has 0 amide bonds. The molecule has 0 aromatic carbocycles. The number of pyridine rings is 1. The quantitative estimate of drug-likeness (QED) is 0.312. The molecule has 0 unspecified atom stereocenters. The Labute approximate surface area is 157 Å². The zero-order valence-electron chi connectivity index (χ0n) is 16.4. The first-order valence-electron chi connectivity index (χ1n) is 9.69. The summed E-state index contributed by atoms with van der Waals surface area (Å²) in [5.74, 6) is 0.629. The third-order valence-electron chi connectivity index (χ3n) is 4.86. The Kier molecular flexibility index (Phi) is 11.2. The summed E-state index contributed by atoms with van der Waals surface area (Å²) in [7, 11) is 1.59. The van der Waals surface area contributed by atoms with Gasteiger partial charge in [0, 0.05) is 0 Å². The van der Waals surface area contributed by atoms with Crippen LogP contribution in [-0.4, -0.2) is 37.3 Å². The van der Waals surface area contributed by atoms with Gasteiger partial charge in [0.05, 0.1) is 0 Å². The van der Waals surface area contributed by atoms with Gasteiger partial charge in [0.2, 0.25) is 0 Å². The number of hydrogen-bond acceptors (Lipinski definition) is 4. The van der Waals surface area contributed by atoms with E-state index in [4.69, 9.17) is 14.5 Å². The van der Waals surface area contributed by atoms with Crippen molar-refractivity contribution in [2.24, 2.45) is 0 Å². The predicted molar refractivity (Wildman–Crippen MR) is 106 cm³/mol. The number of nitriles is 1. The first-order valence-corrected chi connectivity index (χ1v) is 17.2. The van der Waals surface area contributed by atoms with E-state index in [1.165, 1.54) is 55.5 Å². The summed E-state index contributed by atoms with van der Waals surface area (Å²) >= 11 is -2.69. The minimum absolute atomic E-state index is 0.182. The van der Waals surface area contributed by atoms with E-state index in [2.05, 4.69) is 26.8 Å². The molecule has 0 aliphatic rings. The van der Waals surface area contributed by atoms with Crippen LogP contribution in [0.3, 0.4) is 0 Å². The molecular weight excluding hydrogens is 419 g/mol. The molecule has 0 N–H and O–H groups in total. The van der Waals surface area contributed by atoms with Crippen molar-refractivity contribution in [1.82, 2.24) is 4.98 Å². The van der Waals surface area contributed by atoms with Crippen LogP contribution in [-0.2, 0) is 4.74 Å². The summed E-state index contributed by atoms with van der Waals surface area (Å²) in [6, 6.07) is 4.29. The fourth-order valence-electron chi connectivity index (χ4n) is 3.44. The Bertz CT molecular complexity index is 521. The average Bonchev–Trinajstić information content (AvgIpc) is 2.66. The second-order valence-corrected chi connectivity index (χ2v) is 19.8. The van der Waals surface area contributed by atoms with Crippen LogP contribution in [0.4, 0.5) is 0 Å². The van der Waals surface area contributed by atoms with E-state index in [0.717, 1.165) is 5.56 Å². The number of unbranched alkanes of at least 4 members (excludes halogenated alkanes) is 3. The molecule has 1 aromatic heterocycles. The topological polar surface area (TPSA) is 55.1 Å². The molecule has 0 aliphatic heterocycles. The molecule has 4 nitrogen and oxygen atoms in total. The molecule has 140 valence electrons. The number of aromatic nitrogens is 1. The maximum absolute atomic E-state index is 9.76. The first kappa shape index (κ1) is 22.2. The Balaban J connectivity index is 3.27. The van der Waals surface area contributed by atoms with Crippen LogP contribution in [0.15, 0.2) is 12.3 Å². The van der Waals surface area contributed by atoms with Gasteiger partial charge in [0.1, 0.15) is 0 Å². The Morgan fingerprint density at radius 1 is 1.04 bits per heavy atom. The van der Waals surface area contributed by atoms with Crippen molar-refractivity contribution in [3.05, 3.63) is 17.8 Å². The van der Waals surface area contributed by atoms with Crippen LogP contribution in [0, 0.1) is 11.3 Å². The van der Waals surface area contributed by atoms with Gasteiger partial charge in [0.15, 0.2) is 0 Å². The standard InChI is InChI=1S/C8H7N2O2.3C4H9.Sn/c1-11-6-12-8-2-7(3-9)4-10-5-8;3*1-3-4-2;/h2,5H,6H2,1H3;3*1,3-4H2,2H3;. The molecule has 25 heavy (non-hydrogen) atoms. The summed E-state index contributed by atoms with van der Waals surface area (Å²) < 4.78 is 15.6. The van der Waals surface area contributed by atoms with E-state index in [1.54, 1.807) is 13.3 Å². The van der Waals surface area contributed by atoms with Gasteiger partial charge in [-0.1, -0.05) is 0 Å². The molecule has 0 bridgehead atoms. The van der Waals surface area contributed by atoms with Gasteiger partial charge in [-0.2, -0.15) is 0 Å². The fraction of sp³-hybridized carbons (Fsp3) is 0.700. The minimum atomic E-state index is -2.69. The normalized spacial score (nSPS) is 11.3. The van der Waals surface area contributed by atoms with Crippen LogP contribution in [0.5, 0.6) is 5.75 Å². The average molecular weight is 453 g/mol. The Morgan fingerprint density at radius 3 is 2.04 bits per heavy atom. The summed E-state index contributed by atoms with van der Waals surface area (Å²) in [5, 5.41) is 9.76. The van der Waals surface area contributed by atoms with Gasteiger partial charge in [0.25, 0.3) is 0 Å². The van der Waals surface area contributed by atoms with Crippen molar-refractivity contribution in [2.45, 2.75) is 72.6 Å². The molecule has 1 rings (SSSR count). The fourth-order valence-corrected chi connectivity index (χ4v) is 19.4. The van der Waals surface area contributed by atoms with Crippen molar-refractivity contribution in [3.63, 3.8) is 0 Å².